The minimum Gasteiger partial charge on any atom is -0.398 e. The molecule has 2 aromatic rings. The van der Waals surface area contributed by atoms with Crippen molar-refractivity contribution in [3.05, 3.63) is 35.5 Å². The van der Waals surface area contributed by atoms with E-state index in [9.17, 15) is 10.2 Å². The van der Waals surface area contributed by atoms with Crippen LogP contribution in [0.4, 0.5) is 11.4 Å². The summed E-state index contributed by atoms with van der Waals surface area (Å²) in [6.45, 7) is 0.772. The third-order valence-electron chi connectivity index (χ3n) is 3.42. The van der Waals surface area contributed by atoms with Crippen LogP contribution in [-0.4, -0.2) is 41.1 Å². The summed E-state index contributed by atoms with van der Waals surface area (Å²) < 4.78 is 1.98. The van der Waals surface area contributed by atoms with Crippen LogP contribution in [0.25, 0.3) is 11.3 Å². The first-order chi connectivity index (χ1) is 10.1. The number of rotatable bonds is 6. The minimum atomic E-state index is -0.0137. The highest BCUT2D eigenvalue weighted by Gasteiger charge is 2.15. The lowest BCUT2D eigenvalue weighted by Crippen LogP contribution is -2.30. The molecule has 1 heterocycles. The van der Waals surface area contributed by atoms with Crippen molar-refractivity contribution in [2.24, 2.45) is 7.05 Å². The summed E-state index contributed by atoms with van der Waals surface area (Å²) in [5, 5.41) is 18.9. The van der Waals surface area contributed by atoms with Gasteiger partial charge in [-0.05, 0) is 24.3 Å². The van der Waals surface area contributed by atoms with Crippen LogP contribution in [0.1, 0.15) is 0 Å². The molecule has 6 heteroatoms. The van der Waals surface area contributed by atoms with E-state index in [2.05, 4.69) is 0 Å². The van der Waals surface area contributed by atoms with E-state index in [-0.39, 0.29) is 13.2 Å². The molecule has 0 aliphatic carbocycles. The van der Waals surface area contributed by atoms with Gasteiger partial charge in [-0.1, -0.05) is 11.6 Å². The molecule has 0 aliphatic heterocycles. The molecule has 0 radical (unpaired) electrons. The van der Waals surface area contributed by atoms with Gasteiger partial charge in [-0.3, -0.25) is 0 Å². The summed E-state index contributed by atoms with van der Waals surface area (Å²) in [4.78, 5) is 1.84. The monoisotopic (exact) mass is 309 g/mol. The molecule has 21 heavy (non-hydrogen) atoms. The number of nitrogen functional groups attached to an aromatic ring is 1. The predicted octanol–water partition coefficient (Wildman–Crippen LogP) is 1.72. The highest BCUT2D eigenvalue weighted by atomic mass is 35.5. The number of aryl methyl sites for hydroxylation is 1. The van der Waals surface area contributed by atoms with Gasteiger partial charge in [0.25, 0.3) is 0 Å². The Morgan fingerprint density at radius 2 is 1.90 bits per heavy atom. The van der Waals surface area contributed by atoms with Gasteiger partial charge >= 0.3 is 0 Å². The number of nitrogens with two attached hydrogens (primary N) is 1. The fourth-order valence-corrected chi connectivity index (χ4v) is 2.67. The van der Waals surface area contributed by atoms with Crippen LogP contribution in [0.5, 0.6) is 0 Å². The molecule has 0 saturated heterocycles. The molecule has 0 spiro atoms. The second-order valence-electron chi connectivity index (χ2n) is 4.83. The van der Waals surface area contributed by atoms with Gasteiger partial charge < -0.3 is 25.4 Å². The van der Waals surface area contributed by atoms with Crippen LogP contribution in [0.3, 0.4) is 0 Å². The molecular weight excluding hydrogens is 290 g/mol. The summed E-state index contributed by atoms with van der Waals surface area (Å²) >= 11 is 6.28. The van der Waals surface area contributed by atoms with Gasteiger partial charge in [-0.2, -0.15) is 0 Å². The maximum Gasteiger partial charge on any atom is 0.0660 e. The number of halogens is 1. The zero-order valence-corrected chi connectivity index (χ0v) is 12.7. The van der Waals surface area contributed by atoms with Crippen LogP contribution in [0.15, 0.2) is 30.5 Å². The number of nitrogens with zero attached hydrogens (tertiary/aromatic N) is 2. The molecule has 5 nitrogen and oxygen atoms in total. The molecule has 0 saturated carbocycles. The molecule has 0 amide bonds. The first-order valence-electron chi connectivity index (χ1n) is 6.76. The van der Waals surface area contributed by atoms with Crippen molar-refractivity contribution in [3.63, 3.8) is 0 Å². The Bertz CT molecular complexity index is 607. The van der Waals surface area contributed by atoms with Crippen LogP contribution < -0.4 is 10.6 Å². The second kappa shape index (κ2) is 6.85. The zero-order chi connectivity index (χ0) is 15.4. The third kappa shape index (κ3) is 3.32. The predicted molar refractivity (Wildman–Crippen MR) is 86.7 cm³/mol. The standard InChI is InChI=1S/C15H20ClN3O2/c1-18-4-2-3-14(18)11-9-15(12(16)10-13(11)17)19(5-7-20)6-8-21/h2-4,9-10,20-21H,5-8,17H2,1H3. The number of anilines is 2. The van der Waals surface area contributed by atoms with Crippen LogP contribution >= 0.6 is 11.6 Å². The molecule has 0 atom stereocenters. The number of aromatic nitrogens is 1. The SMILES string of the molecule is Cn1cccc1-c1cc(N(CCO)CCO)c(Cl)cc1N. The van der Waals surface area contributed by atoms with Gasteiger partial charge in [0.1, 0.15) is 0 Å². The lowest BCUT2D eigenvalue weighted by Gasteiger charge is -2.25. The minimum absolute atomic E-state index is 0.0137. The summed E-state index contributed by atoms with van der Waals surface area (Å²) in [5.41, 5.74) is 9.30. The van der Waals surface area contributed by atoms with E-state index in [1.807, 2.05) is 40.9 Å². The summed E-state index contributed by atoms with van der Waals surface area (Å²) in [7, 11) is 1.95. The molecule has 0 fully saturated rings. The quantitative estimate of drug-likeness (QED) is 0.710. The Morgan fingerprint density at radius 3 is 2.43 bits per heavy atom. The van der Waals surface area contributed by atoms with Gasteiger partial charge in [0.05, 0.1) is 23.9 Å². The first kappa shape index (κ1) is 15.7. The number of benzene rings is 1. The molecule has 114 valence electrons. The van der Waals surface area contributed by atoms with E-state index in [1.165, 1.54) is 0 Å². The van der Waals surface area contributed by atoms with E-state index < -0.39 is 0 Å². The van der Waals surface area contributed by atoms with Crippen LogP contribution in [0, 0.1) is 0 Å². The Hall–Kier alpha value is -1.69. The Morgan fingerprint density at radius 1 is 1.24 bits per heavy atom. The average Bonchev–Trinajstić information content (AvgIpc) is 2.85. The van der Waals surface area contributed by atoms with Gasteiger partial charge in [0, 0.05) is 43.3 Å². The number of aliphatic hydroxyl groups excluding tert-OH is 2. The molecule has 0 bridgehead atoms. The van der Waals surface area contributed by atoms with Gasteiger partial charge in [-0.15, -0.1) is 0 Å². The second-order valence-corrected chi connectivity index (χ2v) is 5.24. The Kier molecular flexibility index (Phi) is 5.12. The molecule has 1 aromatic heterocycles. The average molecular weight is 310 g/mol. The van der Waals surface area contributed by atoms with E-state index in [0.717, 1.165) is 16.9 Å². The highest BCUT2D eigenvalue weighted by molar-refractivity contribution is 6.33. The summed E-state index contributed by atoms with van der Waals surface area (Å²) in [6, 6.07) is 7.54. The zero-order valence-electron chi connectivity index (χ0n) is 12.0. The van der Waals surface area contributed by atoms with E-state index in [0.29, 0.717) is 23.8 Å². The van der Waals surface area contributed by atoms with Crippen LogP contribution in [-0.2, 0) is 7.05 Å². The largest absolute Gasteiger partial charge is 0.398 e. The van der Waals surface area contributed by atoms with Crippen molar-refractivity contribution in [1.29, 1.82) is 0 Å². The molecule has 0 unspecified atom stereocenters. The van der Waals surface area contributed by atoms with E-state index in [4.69, 9.17) is 17.3 Å². The maximum absolute atomic E-state index is 9.17. The topological polar surface area (TPSA) is 74.6 Å². The van der Waals surface area contributed by atoms with Crippen molar-refractivity contribution in [1.82, 2.24) is 4.57 Å². The van der Waals surface area contributed by atoms with E-state index >= 15 is 0 Å². The molecule has 1 aromatic carbocycles. The smallest absolute Gasteiger partial charge is 0.0660 e. The third-order valence-corrected chi connectivity index (χ3v) is 3.72. The number of aliphatic hydroxyl groups is 2. The summed E-state index contributed by atoms with van der Waals surface area (Å²) in [6.07, 6.45) is 1.95. The lowest BCUT2D eigenvalue weighted by atomic mass is 10.1. The van der Waals surface area contributed by atoms with Gasteiger partial charge in [-0.25, -0.2) is 0 Å². The molecular formula is C15H20ClN3O2. The Balaban J connectivity index is 2.49. The van der Waals surface area contributed by atoms with Crippen molar-refractivity contribution >= 4 is 23.0 Å². The van der Waals surface area contributed by atoms with Crippen molar-refractivity contribution in [2.75, 3.05) is 36.9 Å². The van der Waals surface area contributed by atoms with Crippen molar-refractivity contribution in [3.8, 4) is 11.3 Å². The van der Waals surface area contributed by atoms with Gasteiger partial charge in [0.15, 0.2) is 0 Å². The molecule has 2 rings (SSSR count). The Labute approximate surface area is 129 Å². The number of hydrogen-bond donors (Lipinski definition) is 3. The van der Waals surface area contributed by atoms with Gasteiger partial charge in [0.2, 0.25) is 0 Å². The van der Waals surface area contributed by atoms with Crippen LogP contribution in [0.2, 0.25) is 5.02 Å². The van der Waals surface area contributed by atoms with Crippen molar-refractivity contribution < 1.29 is 10.2 Å². The fraction of sp³-hybridized carbons (Fsp3) is 0.333. The highest BCUT2D eigenvalue weighted by Crippen LogP contribution is 2.36. The fourth-order valence-electron chi connectivity index (χ4n) is 2.38. The normalized spacial score (nSPS) is 10.9. The van der Waals surface area contributed by atoms with Crippen molar-refractivity contribution in [2.45, 2.75) is 0 Å². The molecule has 4 N–H and O–H groups in total. The molecule has 0 aliphatic rings. The van der Waals surface area contributed by atoms with E-state index in [1.54, 1.807) is 6.07 Å². The summed E-state index contributed by atoms with van der Waals surface area (Å²) in [5.74, 6) is 0. The first-order valence-corrected chi connectivity index (χ1v) is 7.13. The lowest BCUT2D eigenvalue weighted by molar-refractivity contribution is 0.281. The number of hydrogen-bond acceptors (Lipinski definition) is 4. The maximum atomic E-state index is 9.17.